The van der Waals surface area contributed by atoms with Crippen LogP contribution in [0.3, 0.4) is 0 Å². The van der Waals surface area contributed by atoms with Crippen molar-refractivity contribution in [1.29, 1.82) is 0 Å². The van der Waals surface area contributed by atoms with Crippen molar-refractivity contribution < 1.29 is 23.1 Å². The van der Waals surface area contributed by atoms with Crippen LogP contribution in [0.2, 0.25) is 0 Å². The highest BCUT2D eigenvalue weighted by Crippen LogP contribution is 2.39. The first kappa shape index (κ1) is 16.5. The number of nitrogen functional groups attached to an aromatic ring is 1. The molecule has 9 heteroatoms. The number of alkyl halides is 3. The second-order valence-electron chi connectivity index (χ2n) is 4.68. The van der Waals surface area contributed by atoms with Crippen LogP contribution in [0.1, 0.15) is 24.5 Å². The zero-order chi connectivity index (χ0) is 17.2. The number of aromatic nitrogens is 3. The van der Waals surface area contributed by atoms with Crippen LogP contribution in [0.25, 0.3) is 11.3 Å². The van der Waals surface area contributed by atoms with Crippen molar-refractivity contribution >= 4 is 17.2 Å². The number of allylic oxidation sites excluding steroid dienone is 1. The number of rotatable bonds is 4. The fraction of sp³-hybridized carbons (Fsp3) is 0.214. The Balaban J connectivity index is 2.75. The fourth-order valence-electron chi connectivity index (χ4n) is 2.14. The number of carbonyl (C=O) groups is 1. The van der Waals surface area contributed by atoms with E-state index in [0.29, 0.717) is 0 Å². The molecule has 2 aromatic rings. The Morgan fingerprint density at radius 2 is 1.96 bits per heavy atom. The van der Waals surface area contributed by atoms with Crippen molar-refractivity contribution in [3.8, 4) is 5.69 Å². The summed E-state index contributed by atoms with van der Waals surface area (Å²) >= 11 is 0. The van der Waals surface area contributed by atoms with Crippen molar-refractivity contribution in [1.82, 2.24) is 14.8 Å². The lowest BCUT2D eigenvalue weighted by Crippen LogP contribution is -2.12. The maximum absolute atomic E-state index is 13.2. The summed E-state index contributed by atoms with van der Waals surface area (Å²) in [6.45, 7) is 1.63. The molecule has 0 amide bonds. The Bertz CT molecular complexity index is 752. The maximum atomic E-state index is 13.2. The summed E-state index contributed by atoms with van der Waals surface area (Å²) in [4.78, 5) is 10.9. The first-order valence-electron chi connectivity index (χ1n) is 6.53. The number of carboxylic acids is 1. The number of anilines is 1. The normalized spacial score (nSPS) is 12.4. The van der Waals surface area contributed by atoms with Gasteiger partial charge in [-0.15, -0.1) is 10.2 Å². The van der Waals surface area contributed by atoms with E-state index in [4.69, 9.17) is 10.8 Å². The predicted molar refractivity (Wildman–Crippen MR) is 76.7 cm³/mol. The molecule has 1 aromatic heterocycles. The Labute approximate surface area is 129 Å². The third-order valence-electron chi connectivity index (χ3n) is 3.21. The molecule has 0 fully saturated rings. The SMILES string of the molecule is CC/C(=C\C(=O)O)c1cc(-n2cnnc2)cc(C(F)(F)F)c1N. The molecule has 6 nitrogen and oxygen atoms in total. The second kappa shape index (κ2) is 6.11. The topological polar surface area (TPSA) is 94.0 Å². The van der Waals surface area contributed by atoms with Gasteiger partial charge >= 0.3 is 12.1 Å². The van der Waals surface area contributed by atoms with Crippen LogP contribution in [-0.4, -0.2) is 25.8 Å². The van der Waals surface area contributed by atoms with E-state index in [-0.39, 0.29) is 23.2 Å². The summed E-state index contributed by atoms with van der Waals surface area (Å²) in [7, 11) is 0. The van der Waals surface area contributed by atoms with E-state index in [1.165, 1.54) is 23.3 Å². The van der Waals surface area contributed by atoms with Crippen molar-refractivity contribution in [2.24, 2.45) is 0 Å². The van der Waals surface area contributed by atoms with E-state index in [9.17, 15) is 18.0 Å². The minimum Gasteiger partial charge on any atom is -0.478 e. The number of carboxylic acid groups (broad SMARTS) is 1. The van der Waals surface area contributed by atoms with Crippen molar-refractivity contribution in [3.63, 3.8) is 0 Å². The third-order valence-corrected chi connectivity index (χ3v) is 3.21. The number of hydrogen-bond donors (Lipinski definition) is 2. The fourth-order valence-corrected chi connectivity index (χ4v) is 2.14. The van der Waals surface area contributed by atoms with Gasteiger partial charge < -0.3 is 10.8 Å². The summed E-state index contributed by atoms with van der Waals surface area (Å²) < 4.78 is 41.0. The lowest BCUT2D eigenvalue weighted by molar-refractivity contribution is -0.137. The molecule has 3 N–H and O–H groups in total. The van der Waals surface area contributed by atoms with Gasteiger partial charge in [-0.25, -0.2) is 4.79 Å². The van der Waals surface area contributed by atoms with Crippen LogP contribution in [0.4, 0.5) is 18.9 Å². The molecule has 2 rings (SSSR count). The van der Waals surface area contributed by atoms with E-state index in [0.717, 1.165) is 12.1 Å². The molecule has 0 saturated heterocycles. The van der Waals surface area contributed by atoms with E-state index in [1.54, 1.807) is 6.92 Å². The van der Waals surface area contributed by atoms with Gasteiger partial charge in [0.2, 0.25) is 0 Å². The van der Waals surface area contributed by atoms with Gasteiger partial charge in [-0.2, -0.15) is 13.2 Å². The number of aliphatic carboxylic acids is 1. The van der Waals surface area contributed by atoms with Gasteiger partial charge in [0.15, 0.2) is 0 Å². The van der Waals surface area contributed by atoms with Gasteiger partial charge in [0.25, 0.3) is 0 Å². The largest absolute Gasteiger partial charge is 0.478 e. The highest BCUT2D eigenvalue weighted by atomic mass is 19.4. The summed E-state index contributed by atoms with van der Waals surface area (Å²) in [6, 6.07) is 2.25. The molecule has 1 aromatic carbocycles. The zero-order valence-corrected chi connectivity index (χ0v) is 12.0. The molecular weight excluding hydrogens is 313 g/mol. The van der Waals surface area contributed by atoms with Crippen LogP contribution in [0.15, 0.2) is 30.9 Å². The average Bonchev–Trinajstić information content (AvgIpc) is 2.98. The smallest absolute Gasteiger partial charge is 0.418 e. The molecule has 0 unspecified atom stereocenters. The van der Waals surface area contributed by atoms with Crippen molar-refractivity contribution in [2.45, 2.75) is 19.5 Å². The van der Waals surface area contributed by atoms with Crippen molar-refractivity contribution in [3.05, 3.63) is 42.0 Å². The number of nitrogens with two attached hydrogens (primary N) is 1. The Hall–Kier alpha value is -2.84. The lowest BCUT2D eigenvalue weighted by atomic mass is 9.96. The summed E-state index contributed by atoms with van der Waals surface area (Å²) in [5, 5.41) is 16.0. The zero-order valence-electron chi connectivity index (χ0n) is 12.0. The van der Waals surface area contributed by atoms with E-state index in [1.807, 2.05) is 0 Å². The lowest BCUT2D eigenvalue weighted by Gasteiger charge is -2.17. The minimum absolute atomic E-state index is 0.0217. The standard InChI is InChI=1S/C14H13F3N4O2/c1-2-8(3-12(22)23)10-4-9(21-6-19-20-7-21)5-11(13(10)18)14(15,16)17/h3-7H,2,18H2,1H3,(H,22,23)/b8-3+. The average molecular weight is 326 g/mol. The van der Waals surface area contributed by atoms with Gasteiger partial charge in [0.1, 0.15) is 12.7 Å². The quantitative estimate of drug-likeness (QED) is 0.665. The molecule has 0 aliphatic heterocycles. The number of hydrogen-bond acceptors (Lipinski definition) is 4. The van der Waals surface area contributed by atoms with Gasteiger partial charge in [-0.05, 0) is 24.1 Å². The molecular formula is C14H13F3N4O2. The second-order valence-corrected chi connectivity index (χ2v) is 4.68. The van der Waals surface area contributed by atoms with Gasteiger partial charge in [-0.3, -0.25) is 4.57 Å². The van der Waals surface area contributed by atoms with Crippen LogP contribution < -0.4 is 5.73 Å². The van der Waals surface area contributed by atoms with Crippen LogP contribution in [0.5, 0.6) is 0 Å². The molecule has 0 atom stereocenters. The predicted octanol–water partition coefficient (Wildman–Crippen LogP) is 2.75. The molecule has 0 radical (unpaired) electrons. The summed E-state index contributed by atoms with van der Waals surface area (Å²) in [5.74, 6) is -1.26. The molecule has 0 aliphatic carbocycles. The van der Waals surface area contributed by atoms with E-state index >= 15 is 0 Å². The monoisotopic (exact) mass is 326 g/mol. The highest BCUT2D eigenvalue weighted by Gasteiger charge is 2.35. The molecule has 23 heavy (non-hydrogen) atoms. The molecule has 0 aliphatic rings. The molecule has 0 bridgehead atoms. The van der Waals surface area contributed by atoms with Gasteiger partial charge in [0.05, 0.1) is 11.3 Å². The van der Waals surface area contributed by atoms with E-state index in [2.05, 4.69) is 10.2 Å². The molecule has 122 valence electrons. The Kier molecular flexibility index (Phi) is 4.39. The van der Waals surface area contributed by atoms with E-state index < -0.39 is 23.4 Å². The molecule has 1 heterocycles. The Morgan fingerprint density at radius 3 is 2.43 bits per heavy atom. The van der Waals surface area contributed by atoms with Gasteiger partial charge in [-0.1, -0.05) is 6.92 Å². The van der Waals surface area contributed by atoms with Gasteiger partial charge in [0, 0.05) is 17.3 Å². The first-order chi connectivity index (χ1) is 10.7. The summed E-state index contributed by atoms with van der Waals surface area (Å²) in [6.07, 6.45) is -1.14. The van der Waals surface area contributed by atoms with Crippen LogP contribution in [-0.2, 0) is 11.0 Å². The minimum atomic E-state index is -4.68. The number of benzene rings is 1. The first-order valence-corrected chi connectivity index (χ1v) is 6.53. The van der Waals surface area contributed by atoms with Crippen LogP contribution >= 0.6 is 0 Å². The highest BCUT2D eigenvalue weighted by molar-refractivity contribution is 5.92. The summed E-state index contributed by atoms with van der Waals surface area (Å²) in [5.41, 5.74) is 4.45. The van der Waals surface area contributed by atoms with Crippen molar-refractivity contribution in [2.75, 3.05) is 5.73 Å². The molecule has 0 saturated carbocycles. The Morgan fingerprint density at radius 1 is 1.35 bits per heavy atom. The third kappa shape index (κ3) is 3.50. The molecule has 0 spiro atoms. The number of nitrogens with zero attached hydrogens (tertiary/aromatic N) is 3. The number of halogens is 3. The van der Waals surface area contributed by atoms with Crippen LogP contribution in [0, 0.1) is 0 Å². The maximum Gasteiger partial charge on any atom is 0.418 e.